The van der Waals surface area contributed by atoms with Gasteiger partial charge in [-0.05, 0) is 6.42 Å². The predicted octanol–water partition coefficient (Wildman–Crippen LogP) is 2.95. The Balaban J connectivity index is 3.73. The monoisotopic (exact) mass is 224 g/mol. The maximum Gasteiger partial charge on any atom is 0.317 e. The lowest BCUT2D eigenvalue weighted by Gasteiger charge is -2.19. The lowest BCUT2D eigenvalue weighted by molar-refractivity contribution is 0.208. The van der Waals surface area contributed by atoms with E-state index in [1.807, 2.05) is 0 Å². The van der Waals surface area contributed by atoms with E-state index in [2.05, 4.69) is 25.4 Å². The highest BCUT2D eigenvalue weighted by Gasteiger charge is 2.08. The third-order valence-electron chi connectivity index (χ3n) is 2.29. The number of urea groups is 1. The second kappa shape index (κ2) is 10.3. The lowest BCUT2D eigenvalue weighted by atomic mass is 10.2. The van der Waals surface area contributed by atoms with E-state index in [1.165, 1.54) is 19.3 Å². The van der Waals surface area contributed by atoms with Crippen molar-refractivity contribution in [2.45, 2.75) is 32.6 Å². The first-order valence-corrected chi connectivity index (χ1v) is 6.00. The number of hydrogen-bond acceptors (Lipinski definition) is 1. The van der Waals surface area contributed by atoms with Gasteiger partial charge in [0.15, 0.2) is 0 Å². The van der Waals surface area contributed by atoms with E-state index >= 15 is 0 Å². The molecule has 0 aliphatic heterocycles. The number of nitrogens with zero attached hydrogens (tertiary/aromatic N) is 1. The molecule has 0 aliphatic rings. The zero-order chi connectivity index (χ0) is 12.2. The Morgan fingerprint density at radius 3 is 2.31 bits per heavy atom. The fourth-order valence-electron chi connectivity index (χ4n) is 1.41. The van der Waals surface area contributed by atoms with Gasteiger partial charge < -0.3 is 10.2 Å². The van der Waals surface area contributed by atoms with Gasteiger partial charge in [0.2, 0.25) is 0 Å². The highest BCUT2D eigenvalue weighted by Crippen LogP contribution is 1.98. The van der Waals surface area contributed by atoms with Gasteiger partial charge >= 0.3 is 6.03 Å². The molecule has 0 saturated heterocycles. The zero-order valence-electron chi connectivity index (χ0n) is 10.4. The van der Waals surface area contributed by atoms with E-state index in [9.17, 15) is 4.79 Å². The molecule has 1 N–H and O–H groups in total. The molecule has 3 nitrogen and oxygen atoms in total. The van der Waals surface area contributed by atoms with Crippen molar-refractivity contribution < 1.29 is 4.79 Å². The molecule has 0 saturated carbocycles. The van der Waals surface area contributed by atoms with Crippen LogP contribution >= 0.6 is 0 Å². The molecule has 0 atom stereocenters. The van der Waals surface area contributed by atoms with Crippen molar-refractivity contribution in [3.05, 3.63) is 25.3 Å². The van der Waals surface area contributed by atoms with Gasteiger partial charge in [0.1, 0.15) is 0 Å². The summed E-state index contributed by atoms with van der Waals surface area (Å²) in [6.45, 7) is 11.3. The highest BCUT2D eigenvalue weighted by atomic mass is 16.2. The van der Waals surface area contributed by atoms with Gasteiger partial charge in [0.05, 0.1) is 0 Å². The quantitative estimate of drug-likeness (QED) is 0.474. The molecule has 0 aliphatic carbocycles. The molecule has 0 aromatic heterocycles. The molecule has 92 valence electrons. The largest absolute Gasteiger partial charge is 0.338 e. The Bertz CT molecular complexity index is 204. The molecule has 0 unspecified atom stereocenters. The van der Waals surface area contributed by atoms with Crippen molar-refractivity contribution in [3.63, 3.8) is 0 Å². The first kappa shape index (κ1) is 14.8. The van der Waals surface area contributed by atoms with Crippen LogP contribution in [0.3, 0.4) is 0 Å². The lowest BCUT2D eigenvalue weighted by Crippen LogP contribution is -2.40. The van der Waals surface area contributed by atoms with Crippen LogP contribution < -0.4 is 5.32 Å². The van der Waals surface area contributed by atoms with Crippen LogP contribution in [0, 0.1) is 0 Å². The molecule has 3 heteroatoms. The molecule has 0 bridgehead atoms. The number of carbonyl (C=O) groups excluding carboxylic acids is 1. The van der Waals surface area contributed by atoms with Gasteiger partial charge in [0, 0.05) is 19.6 Å². The molecule has 0 aromatic rings. The van der Waals surface area contributed by atoms with Crippen molar-refractivity contribution in [2.24, 2.45) is 0 Å². The normalized spacial score (nSPS) is 9.56. The maximum absolute atomic E-state index is 11.7. The second-order valence-electron chi connectivity index (χ2n) is 3.77. The average molecular weight is 224 g/mol. The molecule has 0 rings (SSSR count). The molecule has 0 fully saturated rings. The maximum atomic E-state index is 11.7. The summed E-state index contributed by atoms with van der Waals surface area (Å²) in [4.78, 5) is 13.4. The Morgan fingerprint density at radius 1 is 1.19 bits per heavy atom. The van der Waals surface area contributed by atoms with Gasteiger partial charge in [-0.2, -0.15) is 0 Å². The summed E-state index contributed by atoms with van der Waals surface area (Å²) in [6.07, 6.45) is 8.13. The Morgan fingerprint density at radius 2 is 1.81 bits per heavy atom. The Labute approximate surface area is 99.2 Å². The van der Waals surface area contributed by atoms with Crippen LogP contribution in [0.5, 0.6) is 0 Å². The van der Waals surface area contributed by atoms with Crippen LogP contribution in [0.4, 0.5) is 4.79 Å². The summed E-state index contributed by atoms with van der Waals surface area (Å²) >= 11 is 0. The van der Waals surface area contributed by atoms with E-state index in [1.54, 1.807) is 17.1 Å². The molecule has 16 heavy (non-hydrogen) atoms. The van der Waals surface area contributed by atoms with Crippen LogP contribution in [0.15, 0.2) is 25.3 Å². The van der Waals surface area contributed by atoms with Gasteiger partial charge in [-0.3, -0.25) is 0 Å². The SMILES string of the molecule is C=CCN(CC=C)C(=O)NCCCCCC. The minimum Gasteiger partial charge on any atom is -0.338 e. The summed E-state index contributed by atoms with van der Waals surface area (Å²) in [7, 11) is 0. The third kappa shape index (κ3) is 7.10. The standard InChI is InChI=1S/C13H24N2O/c1-4-7-8-9-10-14-13(16)15(11-5-2)12-6-3/h5-6H,2-4,7-12H2,1H3,(H,14,16). The fraction of sp³-hybridized carbons (Fsp3) is 0.615. The molecule has 0 radical (unpaired) electrons. The number of carbonyl (C=O) groups is 1. The Hall–Kier alpha value is -1.25. The van der Waals surface area contributed by atoms with Crippen molar-refractivity contribution >= 4 is 6.03 Å². The van der Waals surface area contributed by atoms with Crippen LogP contribution in [0.2, 0.25) is 0 Å². The topological polar surface area (TPSA) is 32.3 Å². The highest BCUT2D eigenvalue weighted by molar-refractivity contribution is 5.74. The van der Waals surface area contributed by atoms with Crippen LogP contribution in [-0.4, -0.2) is 30.6 Å². The average Bonchev–Trinajstić information content (AvgIpc) is 2.28. The number of hydrogen-bond donors (Lipinski definition) is 1. The summed E-state index contributed by atoms with van der Waals surface area (Å²) in [6, 6.07) is -0.0312. The minimum absolute atomic E-state index is 0.0312. The summed E-state index contributed by atoms with van der Waals surface area (Å²) < 4.78 is 0. The number of amides is 2. The van der Waals surface area contributed by atoms with Crippen molar-refractivity contribution in [1.82, 2.24) is 10.2 Å². The smallest absolute Gasteiger partial charge is 0.317 e. The minimum atomic E-state index is -0.0312. The van der Waals surface area contributed by atoms with Crippen molar-refractivity contribution in [3.8, 4) is 0 Å². The molecule has 0 spiro atoms. The van der Waals surface area contributed by atoms with E-state index in [4.69, 9.17) is 0 Å². The van der Waals surface area contributed by atoms with Crippen LogP contribution in [0.1, 0.15) is 32.6 Å². The van der Waals surface area contributed by atoms with Crippen molar-refractivity contribution in [2.75, 3.05) is 19.6 Å². The first-order valence-electron chi connectivity index (χ1n) is 6.00. The zero-order valence-corrected chi connectivity index (χ0v) is 10.4. The predicted molar refractivity (Wildman–Crippen MR) is 69.5 cm³/mol. The van der Waals surface area contributed by atoms with Crippen molar-refractivity contribution in [1.29, 1.82) is 0 Å². The van der Waals surface area contributed by atoms with E-state index < -0.39 is 0 Å². The van der Waals surface area contributed by atoms with Gasteiger partial charge in [-0.15, -0.1) is 13.2 Å². The molecule has 0 heterocycles. The summed E-state index contributed by atoms with van der Waals surface area (Å²) in [5.74, 6) is 0. The number of nitrogens with one attached hydrogen (secondary N) is 1. The van der Waals surface area contributed by atoms with Gasteiger partial charge in [0.25, 0.3) is 0 Å². The summed E-state index contributed by atoms with van der Waals surface area (Å²) in [5, 5.41) is 2.90. The van der Waals surface area contributed by atoms with Crippen LogP contribution in [0.25, 0.3) is 0 Å². The van der Waals surface area contributed by atoms with E-state index in [0.29, 0.717) is 13.1 Å². The molecule has 2 amide bonds. The number of rotatable bonds is 9. The summed E-state index contributed by atoms with van der Waals surface area (Å²) in [5.41, 5.74) is 0. The third-order valence-corrected chi connectivity index (χ3v) is 2.29. The second-order valence-corrected chi connectivity index (χ2v) is 3.77. The molecular weight excluding hydrogens is 200 g/mol. The van der Waals surface area contributed by atoms with Gasteiger partial charge in [-0.25, -0.2) is 4.79 Å². The molecular formula is C13H24N2O. The first-order chi connectivity index (χ1) is 7.76. The molecule has 0 aromatic carbocycles. The van der Waals surface area contributed by atoms with E-state index in [0.717, 1.165) is 13.0 Å². The Kier molecular flexibility index (Phi) is 9.47. The van der Waals surface area contributed by atoms with Crippen LogP contribution in [-0.2, 0) is 0 Å². The fourth-order valence-corrected chi connectivity index (χ4v) is 1.41. The van der Waals surface area contributed by atoms with E-state index in [-0.39, 0.29) is 6.03 Å². The van der Waals surface area contributed by atoms with Gasteiger partial charge in [-0.1, -0.05) is 38.3 Å². The number of unbranched alkanes of at least 4 members (excludes halogenated alkanes) is 3.